The maximum atomic E-state index is 14.7. The first-order valence-corrected chi connectivity index (χ1v) is 11.0. The molecule has 1 aliphatic heterocycles. The Bertz CT molecular complexity index is 972. The van der Waals surface area contributed by atoms with Gasteiger partial charge in [0.1, 0.15) is 17.2 Å². The molecule has 182 valence electrons. The molecule has 1 fully saturated rings. The van der Waals surface area contributed by atoms with Crippen LogP contribution in [-0.4, -0.2) is 57.8 Å². The van der Waals surface area contributed by atoms with E-state index in [-0.39, 0.29) is 35.8 Å². The Balaban J connectivity index is 0.00000385. The number of rotatable bonds is 5. The van der Waals surface area contributed by atoms with E-state index >= 15 is 0 Å². The molecule has 1 saturated heterocycles. The molecule has 1 aliphatic rings. The van der Waals surface area contributed by atoms with Crippen LogP contribution < -0.4 is 10.6 Å². The molecular weight excluding hydrogens is 538 g/mol. The average molecular weight is 572 g/mol. The highest BCUT2D eigenvalue weighted by Gasteiger charge is 2.27. The smallest absolute Gasteiger partial charge is 0.407 e. The minimum Gasteiger partial charge on any atom is -0.444 e. The first-order valence-electron chi connectivity index (χ1n) is 11.0. The maximum Gasteiger partial charge on any atom is 0.407 e. The molecule has 0 bridgehead atoms. The third-order valence-corrected chi connectivity index (χ3v) is 5.05. The lowest BCUT2D eigenvalue weighted by Gasteiger charge is -2.23. The molecule has 0 aliphatic carbocycles. The Morgan fingerprint density at radius 1 is 1.36 bits per heavy atom. The number of hydrogen-bond donors (Lipinski definition) is 2. The number of aryl methyl sites for hydroxylation is 1. The van der Waals surface area contributed by atoms with Crippen LogP contribution in [0.5, 0.6) is 0 Å². The number of nitrogens with zero attached hydrogens (tertiary/aromatic N) is 4. The minimum atomic E-state index is -0.528. The van der Waals surface area contributed by atoms with Crippen LogP contribution >= 0.6 is 24.0 Å². The van der Waals surface area contributed by atoms with Crippen molar-refractivity contribution in [1.82, 2.24) is 25.1 Å². The molecule has 1 atom stereocenters. The molecule has 2 heterocycles. The lowest BCUT2D eigenvalue weighted by Crippen LogP contribution is -2.44. The van der Waals surface area contributed by atoms with Crippen molar-refractivity contribution in [1.29, 1.82) is 0 Å². The highest BCUT2D eigenvalue weighted by atomic mass is 127. The largest absolute Gasteiger partial charge is 0.444 e. The lowest BCUT2D eigenvalue weighted by molar-refractivity contribution is 0.0507. The summed E-state index contributed by atoms with van der Waals surface area (Å²) in [6.07, 6.45) is 3.78. The van der Waals surface area contributed by atoms with Gasteiger partial charge in [-0.3, -0.25) is 0 Å². The Morgan fingerprint density at radius 2 is 2.12 bits per heavy atom. The van der Waals surface area contributed by atoms with Crippen molar-refractivity contribution in [3.8, 4) is 5.69 Å². The van der Waals surface area contributed by atoms with Crippen molar-refractivity contribution in [2.75, 3.05) is 19.6 Å². The first kappa shape index (κ1) is 26.9. The molecule has 0 saturated carbocycles. The zero-order chi connectivity index (χ0) is 23.3. The minimum absolute atomic E-state index is 0. The van der Waals surface area contributed by atoms with E-state index in [2.05, 4.69) is 20.5 Å². The quantitative estimate of drug-likeness (QED) is 0.322. The lowest BCUT2D eigenvalue weighted by atomic mass is 10.2. The number of likely N-dealkylation sites (tertiary alicyclic amines) is 1. The van der Waals surface area contributed by atoms with Crippen LogP contribution in [-0.2, 0) is 11.3 Å². The Morgan fingerprint density at radius 3 is 2.73 bits per heavy atom. The van der Waals surface area contributed by atoms with Gasteiger partial charge in [-0.25, -0.2) is 19.2 Å². The van der Waals surface area contributed by atoms with Crippen LogP contribution in [0.25, 0.3) is 5.69 Å². The van der Waals surface area contributed by atoms with Crippen molar-refractivity contribution in [3.63, 3.8) is 0 Å². The second kappa shape index (κ2) is 11.7. The fraction of sp³-hybridized carbons (Fsp3) is 0.522. The number of alkyl carbamates (subject to hydrolysis) is 1. The van der Waals surface area contributed by atoms with Crippen LogP contribution in [0.2, 0.25) is 0 Å². The number of halogens is 2. The van der Waals surface area contributed by atoms with Gasteiger partial charge in [-0.05, 0) is 58.7 Å². The van der Waals surface area contributed by atoms with Gasteiger partial charge in [-0.1, -0.05) is 6.07 Å². The number of guanidine groups is 1. The standard InChI is InChI=1S/C23H33FN6O2.HI/c1-6-25-21(29-11-9-18(15-29)28-22(31)32-23(3,4)5)27-14-17-7-8-20(19(24)13-17)30-12-10-26-16(30)2;/h7-8,10,12-13,18H,6,9,11,14-15H2,1-5H3,(H,25,27)(H,28,31);1H. The van der Waals surface area contributed by atoms with Gasteiger partial charge in [0, 0.05) is 32.0 Å². The van der Waals surface area contributed by atoms with Gasteiger partial charge in [-0.2, -0.15) is 0 Å². The van der Waals surface area contributed by atoms with Gasteiger partial charge in [0.2, 0.25) is 0 Å². The number of ether oxygens (including phenoxy) is 1. The third-order valence-electron chi connectivity index (χ3n) is 5.05. The zero-order valence-electron chi connectivity index (χ0n) is 19.9. The molecule has 0 spiro atoms. The molecule has 3 rings (SSSR count). The molecule has 1 aromatic carbocycles. The van der Waals surface area contributed by atoms with E-state index in [0.29, 0.717) is 25.3 Å². The summed E-state index contributed by atoms with van der Waals surface area (Å²) in [5.41, 5.74) is 0.720. The van der Waals surface area contributed by atoms with Gasteiger partial charge in [0.15, 0.2) is 5.96 Å². The van der Waals surface area contributed by atoms with E-state index in [0.717, 1.165) is 30.3 Å². The molecule has 2 N–H and O–H groups in total. The third kappa shape index (κ3) is 7.58. The monoisotopic (exact) mass is 572 g/mol. The molecule has 0 radical (unpaired) electrons. The summed E-state index contributed by atoms with van der Waals surface area (Å²) in [5, 5.41) is 6.21. The Hall–Kier alpha value is -2.37. The predicted octanol–water partition coefficient (Wildman–Crippen LogP) is 4.00. The summed E-state index contributed by atoms with van der Waals surface area (Å²) in [6.45, 7) is 11.8. The number of benzene rings is 1. The molecular formula is C23H34FIN6O2. The number of amides is 1. The number of aliphatic imine (C=N–C) groups is 1. The fourth-order valence-corrected chi connectivity index (χ4v) is 3.61. The molecule has 8 nitrogen and oxygen atoms in total. The molecule has 33 heavy (non-hydrogen) atoms. The van der Waals surface area contributed by atoms with Crippen molar-refractivity contribution < 1.29 is 13.9 Å². The van der Waals surface area contributed by atoms with Gasteiger partial charge in [-0.15, -0.1) is 24.0 Å². The van der Waals surface area contributed by atoms with E-state index < -0.39 is 11.7 Å². The van der Waals surface area contributed by atoms with Crippen molar-refractivity contribution in [2.45, 2.75) is 59.2 Å². The summed E-state index contributed by atoms with van der Waals surface area (Å²) >= 11 is 0. The summed E-state index contributed by atoms with van der Waals surface area (Å²) in [7, 11) is 0. The van der Waals surface area contributed by atoms with Crippen LogP contribution in [0, 0.1) is 12.7 Å². The van der Waals surface area contributed by atoms with E-state index in [1.54, 1.807) is 23.0 Å². The van der Waals surface area contributed by atoms with Crippen molar-refractivity contribution >= 4 is 36.0 Å². The van der Waals surface area contributed by atoms with Crippen molar-refractivity contribution in [2.24, 2.45) is 4.99 Å². The van der Waals surface area contributed by atoms with Gasteiger partial charge < -0.3 is 24.8 Å². The van der Waals surface area contributed by atoms with Crippen LogP contribution in [0.4, 0.5) is 9.18 Å². The second-order valence-electron chi connectivity index (χ2n) is 8.88. The summed E-state index contributed by atoms with van der Waals surface area (Å²) in [4.78, 5) is 23.0. The van der Waals surface area contributed by atoms with E-state index in [1.807, 2.05) is 40.7 Å². The number of imidazole rings is 1. The molecule has 1 unspecified atom stereocenters. The zero-order valence-corrected chi connectivity index (χ0v) is 22.2. The van der Waals surface area contributed by atoms with Gasteiger partial charge in [0.25, 0.3) is 0 Å². The van der Waals surface area contributed by atoms with Crippen molar-refractivity contribution in [3.05, 3.63) is 47.8 Å². The summed E-state index contributed by atoms with van der Waals surface area (Å²) < 4.78 is 21.7. The topological polar surface area (TPSA) is 83.8 Å². The predicted molar refractivity (Wildman–Crippen MR) is 138 cm³/mol. The second-order valence-corrected chi connectivity index (χ2v) is 8.88. The number of hydrogen-bond acceptors (Lipinski definition) is 4. The molecule has 10 heteroatoms. The summed E-state index contributed by atoms with van der Waals surface area (Å²) in [5.74, 6) is 1.16. The highest BCUT2D eigenvalue weighted by molar-refractivity contribution is 14.0. The molecule has 2 aromatic rings. The van der Waals surface area contributed by atoms with E-state index in [4.69, 9.17) is 9.73 Å². The number of carbonyl (C=O) groups is 1. The maximum absolute atomic E-state index is 14.7. The van der Waals surface area contributed by atoms with Crippen LogP contribution in [0.15, 0.2) is 35.6 Å². The average Bonchev–Trinajstić information content (AvgIpc) is 3.33. The summed E-state index contributed by atoms with van der Waals surface area (Å²) in [6, 6.07) is 5.13. The van der Waals surface area contributed by atoms with E-state index in [9.17, 15) is 9.18 Å². The van der Waals surface area contributed by atoms with Crippen LogP contribution in [0.3, 0.4) is 0 Å². The van der Waals surface area contributed by atoms with Gasteiger partial charge >= 0.3 is 6.09 Å². The normalized spacial score (nSPS) is 16.4. The number of nitrogens with one attached hydrogen (secondary N) is 2. The SMILES string of the molecule is CCNC(=NCc1ccc(-n2ccnc2C)c(F)c1)N1CCC(NC(=O)OC(C)(C)C)C1.I. The molecule has 1 amide bonds. The fourth-order valence-electron chi connectivity index (χ4n) is 3.61. The van der Waals surface area contributed by atoms with E-state index in [1.165, 1.54) is 6.07 Å². The van der Waals surface area contributed by atoms with Crippen LogP contribution in [0.1, 0.15) is 45.5 Å². The number of aromatic nitrogens is 2. The first-order chi connectivity index (χ1) is 15.2. The Kier molecular flexibility index (Phi) is 9.50. The van der Waals surface area contributed by atoms with Gasteiger partial charge in [0.05, 0.1) is 18.3 Å². The number of carbonyl (C=O) groups excluding carboxylic acids is 1. The Labute approximate surface area is 212 Å². The highest BCUT2D eigenvalue weighted by Crippen LogP contribution is 2.18. The molecule has 1 aromatic heterocycles.